The van der Waals surface area contributed by atoms with Crippen molar-refractivity contribution in [1.29, 1.82) is 0 Å². The molecule has 144 valence electrons. The van der Waals surface area contributed by atoms with Crippen molar-refractivity contribution < 1.29 is 14.4 Å². The van der Waals surface area contributed by atoms with Gasteiger partial charge in [-0.15, -0.1) is 0 Å². The van der Waals surface area contributed by atoms with Gasteiger partial charge in [-0.1, -0.05) is 0 Å². The molecule has 0 aromatic heterocycles. The molecular formula is C20H30FN3O2. The number of carbonyl (C=O) groups is 1. The van der Waals surface area contributed by atoms with Crippen LogP contribution in [0.5, 0.6) is 0 Å². The first-order chi connectivity index (χ1) is 12.5. The van der Waals surface area contributed by atoms with Gasteiger partial charge in [0.15, 0.2) is 0 Å². The number of hydrogen-bond acceptors (Lipinski definition) is 4. The maximum absolute atomic E-state index is 14.5. The van der Waals surface area contributed by atoms with Gasteiger partial charge in [0.1, 0.15) is 5.82 Å². The molecule has 1 aromatic rings. The molecule has 0 radical (unpaired) electrons. The largest absolute Gasteiger partial charge is 0.309 e. The van der Waals surface area contributed by atoms with Crippen molar-refractivity contribution in [3.8, 4) is 0 Å². The highest BCUT2D eigenvalue weighted by Gasteiger charge is 2.32. The number of amides is 1. The Morgan fingerprint density at radius 1 is 1.38 bits per heavy atom. The normalized spacial score (nSPS) is 23.3. The van der Waals surface area contributed by atoms with E-state index < -0.39 is 5.91 Å². The average molecular weight is 363 g/mol. The Labute approximate surface area is 155 Å². The summed E-state index contributed by atoms with van der Waals surface area (Å²) in [5.41, 5.74) is 3.36. The van der Waals surface area contributed by atoms with Crippen LogP contribution in [0, 0.1) is 11.7 Å². The fraction of sp³-hybridized carbons (Fsp3) is 0.650. The van der Waals surface area contributed by atoms with Gasteiger partial charge >= 0.3 is 0 Å². The second kappa shape index (κ2) is 8.46. The van der Waals surface area contributed by atoms with E-state index in [-0.39, 0.29) is 11.4 Å². The molecule has 6 heteroatoms. The number of hydroxylamine groups is 1. The highest BCUT2D eigenvalue weighted by atomic mass is 19.1. The molecule has 0 saturated heterocycles. The summed E-state index contributed by atoms with van der Waals surface area (Å²) in [4.78, 5) is 16.2. The van der Waals surface area contributed by atoms with Crippen LogP contribution in [-0.4, -0.2) is 54.1 Å². The van der Waals surface area contributed by atoms with Crippen molar-refractivity contribution in [2.45, 2.75) is 51.1 Å². The number of rotatable bonds is 6. The molecule has 1 aromatic carbocycles. The summed E-state index contributed by atoms with van der Waals surface area (Å²) >= 11 is 0. The van der Waals surface area contributed by atoms with Crippen LogP contribution in [0.4, 0.5) is 4.39 Å². The molecule has 2 atom stereocenters. The zero-order chi connectivity index (χ0) is 18.7. The average Bonchev–Trinajstić information content (AvgIpc) is 3.09. The third-order valence-corrected chi connectivity index (χ3v) is 5.93. The monoisotopic (exact) mass is 363 g/mol. The van der Waals surface area contributed by atoms with Crippen molar-refractivity contribution >= 4 is 5.91 Å². The molecule has 1 aliphatic carbocycles. The van der Waals surface area contributed by atoms with E-state index in [1.165, 1.54) is 38.2 Å². The molecule has 2 N–H and O–H groups in total. The van der Waals surface area contributed by atoms with Crippen molar-refractivity contribution in [2.24, 2.45) is 5.92 Å². The van der Waals surface area contributed by atoms with Gasteiger partial charge in [0.2, 0.25) is 0 Å². The minimum absolute atomic E-state index is 0.180. The Balaban J connectivity index is 1.60. The van der Waals surface area contributed by atoms with Crippen molar-refractivity contribution in [1.82, 2.24) is 15.3 Å². The number of nitrogens with zero attached hydrogens (tertiary/aromatic N) is 2. The third kappa shape index (κ3) is 4.42. The minimum Gasteiger partial charge on any atom is -0.309 e. The van der Waals surface area contributed by atoms with Gasteiger partial charge in [-0.3, -0.25) is 14.9 Å². The standard InChI is InChI=1S/C20H30FN3O2/c1-23(2)8-3-4-14-5-6-17(10-14)24-9-7-15-11-16(20(25)22-26)12-19(21)18(15)13-24/h11-12,14,17,26H,3-10,13H2,1-2H3,(H,22,25). The quantitative estimate of drug-likeness (QED) is 0.603. The Morgan fingerprint density at radius 2 is 2.19 bits per heavy atom. The Kier molecular flexibility index (Phi) is 6.27. The Hall–Kier alpha value is -1.50. The molecule has 1 fully saturated rings. The second-order valence-corrected chi connectivity index (χ2v) is 8.04. The van der Waals surface area contributed by atoms with Crippen LogP contribution >= 0.6 is 0 Å². The number of fused-ring (bicyclic) bond motifs is 1. The van der Waals surface area contributed by atoms with Crippen molar-refractivity contribution in [3.05, 3.63) is 34.6 Å². The summed E-state index contributed by atoms with van der Waals surface area (Å²) in [5, 5.41) is 8.75. The first-order valence-corrected chi connectivity index (χ1v) is 9.62. The fourth-order valence-corrected chi connectivity index (χ4v) is 4.49. The molecular weight excluding hydrogens is 333 g/mol. The van der Waals surface area contributed by atoms with Crippen LogP contribution in [0.25, 0.3) is 0 Å². The van der Waals surface area contributed by atoms with Crippen molar-refractivity contribution in [3.63, 3.8) is 0 Å². The zero-order valence-corrected chi connectivity index (χ0v) is 15.8. The number of hydrogen-bond donors (Lipinski definition) is 2. The van der Waals surface area contributed by atoms with Crippen LogP contribution in [-0.2, 0) is 13.0 Å². The number of halogens is 1. The lowest BCUT2D eigenvalue weighted by Gasteiger charge is -2.34. The second-order valence-electron chi connectivity index (χ2n) is 8.04. The lowest BCUT2D eigenvalue weighted by Crippen LogP contribution is -2.38. The van der Waals surface area contributed by atoms with Crippen LogP contribution in [0.2, 0.25) is 0 Å². The van der Waals surface area contributed by atoms with E-state index in [0.29, 0.717) is 18.2 Å². The first-order valence-electron chi connectivity index (χ1n) is 9.62. The molecule has 1 amide bonds. The maximum Gasteiger partial charge on any atom is 0.274 e. The van der Waals surface area contributed by atoms with Gasteiger partial charge in [0, 0.05) is 30.3 Å². The summed E-state index contributed by atoms with van der Waals surface area (Å²) in [6, 6.07) is 3.49. The van der Waals surface area contributed by atoms with Crippen LogP contribution in [0.3, 0.4) is 0 Å². The van der Waals surface area contributed by atoms with E-state index in [9.17, 15) is 9.18 Å². The van der Waals surface area contributed by atoms with E-state index >= 15 is 0 Å². The first kappa shape index (κ1) is 19.3. The maximum atomic E-state index is 14.5. The van der Waals surface area contributed by atoms with Gasteiger partial charge < -0.3 is 4.90 Å². The smallest absolute Gasteiger partial charge is 0.274 e. The van der Waals surface area contributed by atoms with Crippen LogP contribution < -0.4 is 5.48 Å². The number of nitrogens with one attached hydrogen (secondary N) is 1. The molecule has 2 aliphatic rings. The van der Waals surface area contributed by atoms with Gasteiger partial charge in [-0.05, 0) is 82.8 Å². The van der Waals surface area contributed by atoms with Gasteiger partial charge in [0.05, 0.1) is 0 Å². The molecule has 1 heterocycles. The van der Waals surface area contributed by atoms with E-state index in [0.717, 1.165) is 31.0 Å². The van der Waals surface area contributed by atoms with Crippen LogP contribution in [0.15, 0.2) is 12.1 Å². The van der Waals surface area contributed by atoms with Gasteiger partial charge in [-0.25, -0.2) is 9.87 Å². The summed E-state index contributed by atoms with van der Waals surface area (Å²) in [6.07, 6.45) is 6.98. The topological polar surface area (TPSA) is 55.8 Å². The van der Waals surface area contributed by atoms with Crippen LogP contribution in [0.1, 0.15) is 53.6 Å². The fourth-order valence-electron chi connectivity index (χ4n) is 4.49. The molecule has 26 heavy (non-hydrogen) atoms. The van der Waals surface area contributed by atoms with E-state index in [4.69, 9.17) is 5.21 Å². The molecule has 1 aliphatic heterocycles. The summed E-state index contributed by atoms with van der Waals surface area (Å²) in [5.74, 6) is -0.210. The van der Waals surface area contributed by atoms with Gasteiger partial charge in [0.25, 0.3) is 5.91 Å². The lowest BCUT2D eigenvalue weighted by molar-refractivity contribution is 0.0705. The van der Waals surface area contributed by atoms with E-state index in [2.05, 4.69) is 23.9 Å². The molecule has 2 unspecified atom stereocenters. The molecule has 3 rings (SSSR count). The van der Waals surface area contributed by atoms with Gasteiger partial charge in [-0.2, -0.15) is 0 Å². The van der Waals surface area contributed by atoms with Crippen molar-refractivity contribution in [2.75, 3.05) is 27.2 Å². The SMILES string of the molecule is CN(C)CCCC1CCC(N2CCc3cc(C(=O)NO)cc(F)c3C2)C1. The number of carbonyl (C=O) groups excluding carboxylic acids is 1. The highest BCUT2D eigenvalue weighted by Crippen LogP contribution is 2.35. The summed E-state index contributed by atoms with van der Waals surface area (Å²) in [6.45, 7) is 2.68. The summed E-state index contributed by atoms with van der Waals surface area (Å²) in [7, 11) is 4.24. The predicted octanol–water partition coefficient (Wildman–Crippen LogP) is 2.81. The molecule has 0 bridgehead atoms. The molecule has 1 saturated carbocycles. The molecule has 5 nitrogen and oxygen atoms in total. The molecule has 0 spiro atoms. The summed E-state index contributed by atoms with van der Waals surface area (Å²) < 4.78 is 14.5. The predicted molar refractivity (Wildman–Crippen MR) is 98.7 cm³/mol. The Morgan fingerprint density at radius 3 is 2.92 bits per heavy atom. The lowest BCUT2D eigenvalue weighted by atomic mass is 9.94. The minimum atomic E-state index is -0.662. The van der Waals surface area contributed by atoms with E-state index in [1.54, 1.807) is 11.5 Å². The Bertz CT molecular complexity index is 650. The number of benzene rings is 1. The highest BCUT2D eigenvalue weighted by molar-refractivity contribution is 5.93. The van der Waals surface area contributed by atoms with E-state index in [1.807, 2.05) is 0 Å². The third-order valence-electron chi connectivity index (χ3n) is 5.93. The zero-order valence-electron chi connectivity index (χ0n) is 15.8.